The molecule has 0 amide bonds. The number of hydrazone groups is 1. The summed E-state index contributed by atoms with van der Waals surface area (Å²) in [6, 6.07) is 12.1. The van der Waals surface area contributed by atoms with E-state index in [0.717, 1.165) is 10.8 Å². The molecule has 0 aliphatic heterocycles. The van der Waals surface area contributed by atoms with Crippen molar-refractivity contribution in [1.29, 1.82) is 0 Å². The van der Waals surface area contributed by atoms with Crippen LogP contribution in [0.25, 0.3) is 10.8 Å². The summed E-state index contributed by atoms with van der Waals surface area (Å²) >= 11 is 0. The number of hydrogen-bond donors (Lipinski definition) is 1. The van der Waals surface area contributed by atoms with Crippen LogP contribution in [0, 0.1) is 0 Å². The minimum absolute atomic E-state index is 0.0393. The Bertz CT molecular complexity index is 897. The van der Waals surface area contributed by atoms with Crippen molar-refractivity contribution in [2.24, 2.45) is 5.10 Å². The normalized spacial score (nSPS) is 11.2. The van der Waals surface area contributed by atoms with E-state index in [2.05, 4.69) is 25.5 Å². The van der Waals surface area contributed by atoms with Gasteiger partial charge in [-0.15, -0.1) is 5.10 Å². The van der Waals surface area contributed by atoms with Crippen molar-refractivity contribution in [3.05, 3.63) is 54.2 Å². The Labute approximate surface area is 142 Å². The van der Waals surface area contributed by atoms with Crippen LogP contribution in [0.15, 0.2) is 53.8 Å². The molecule has 1 heterocycles. The van der Waals surface area contributed by atoms with Crippen LogP contribution in [-0.4, -0.2) is 30.1 Å². The molecule has 0 aliphatic rings. The molecule has 128 valence electrons. The Hall–Kier alpha value is -3.29. The number of nitrogens with one attached hydrogen (secondary N) is 1. The summed E-state index contributed by atoms with van der Waals surface area (Å²) in [5.41, 5.74) is 3.46. The van der Waals surface area contributed by atoms with E-state index < -0.39 is 6.61 Å². The lowest BCUT2D eigenvalue weighted by molar-refractivity contribution is -0.0512. The number of aromatic nitrogens is 2. The zero-order chi connectivity index (χ0) is 17.6. The summed E-state index contributed by atoms with van der Waals surface area (Å²) in [5, 5.41) is 13.9. The molecular weight excluding hydrogens is 330 g/mol. The van der Waals surface area contributed by atoms with E-state index in [1.165, 1.54) is 25.5 Å². The van der Waals surface area contributed by atoms with Crippen molar-refractivity contribution in [3.8, 4) is 11.5 Å². The maximum absolute atomic E-state index is 12.3. The summed E-state index contributed by atoms with van der Waals surface area (Å²) in [7, 11) is 1.37. The largest absolute Gasteiger partial charge is 0.493 e. The molecule has 1 N–H and O–H groups in total. The van der Waals surface area contributed by atoms with Gasteiger partial charge in [-0.05, 0) is 23.8 Å². The number of alkyl halides is 2. The van der Waals surface area contributed by atoms with Gasteiger partial charge in [0.1, 0.15) is 0 Å². The van der Waals surface area contributed by atoms with Crippen molar-refractivity contribution >= 4 is 22.8 Å². The predicted octanol–water partition coefficient (Wildman–Crippen LogP) is 3.69. The molecular formula is C17H14F2N4O2. The third-order valence-corrected chi connectivity index (χ3v) is 3.36. The number of methoxy groups -OCH3 is 1. The zero-order valence-corrected chi connectivity index (χ0v) is 13.2. The van der Waals surface area contributed by atoms with Crippen molar-refractivity contribution in [1.82, 2.24) is 10.2 Å². The van der Waals surface area contributed by atoms with E-state index in [-0.39, 0.29) is 11.5 Å². The molecule has 3 aromatic rings. The highest BCUT2D eigenvalue weighted by Gasteiger charge is 2.10. The van der Waals surface area contributed by atoms with Gasteiger partial charge in [-0.25, -0.2) is 0 Å². The minimum Gasteiger partial charge on any atom is -0.493 e. The highest BCUT2D eigenvalue weighted by Crippen LogP contribution is 2.29. The van der Waals surface area contributed by atoms with Gasteiger partial charge >= 0.3 is 6.61 Å². The SMILES string of the molecule is COc1cc(C=NNc2nncc3ccccc23)ccc1OC(F)F. The minimum atomic E-state index is -2.92. The second-order valence-electron chi connectivity index (χ2n) is 4.94. The van der Waals surface area contributed by atoms with Gasteiger partial charge in [0.25, 0.3) is 0 Å². The molecule has 0 bridgehead atoms. The first-order chi connectivity index (χ1) is 12.2. The Balaban J connectivity index is 1.77. The predicted molar refractivity (Wildman–Crippen MR) is 90.4 cm³/mol. The smallest absolute Gasteiger partial charge is 0.387 e. The summed E-state index contributed by atoms with van der Waals surface area (Å²) in [6.07, 6.45) is 3.18. The molecule has 0 spiro atoms. The molecule has 0 saturated heterocycles. The van der Waals surface area contributed by atoms with Gasteiger partial charge in [0.2, 0.25) is 0 Å². The fourth-order valence-electron chi connectivity index (χ4n) is 2.24. The second kappa shape index (κ2) is 7.52. The van der Waals surface area contributed by atoms with E-state index >= 15 is 0 Å². The van der Waals surface area contributed by atoms with Crippen LogP contribution < -0.4 is 14.9 Å². The van der Waals surface area contributed by atoms with Gasteiger partial charge in [-0.1, -0.05) is 24.3 Å². The van der Waals surface area contributed by atoms with Gasteiger partial charge in [0, 0.05) is 10.8 Å². The molecule has 0 radical (unpaired) electrons. The fraction of sp³-hybridized carbons (Fsp3) is 0.118. The number of nitrogens with zero attached hydrogens (tertiary/aromatic N) is 3. The second-order valence-corrected chi connectivity index (χ2v) is 4.94. The third kappa shape index (κ3) is 3.97. The topological polar surface area (TPSA) is 68.6 Å². The number of anilines is 1. The number of hydrogen-bond acceptors (Lipinski definition) is 6. The monoisotopic (exact) mass is 344 g/mol. The Kier molecular flexibility index (Phi) is 4.98. The maximum atomic E-state index is 12.3. The quantitative estimate of drug-likeness (QED) is 0.546. The number of fused-ring (bicyclic) bond motifs is 1. The van der Waals surface area contributed by atoms with Crippen LogP contribution in [-0.2, 0) is 0 Å². The van der Waals surface area contributed by atoms with Crippen LogP contribution in [0.4, 0.5) is 14.6 Å². The lowest BCUT2D eigenvalue weighted by Crippen LogP contribution is -2.04. The van der Waals surface area contributed by atoms with Gasteiger partial charge < -0.3 is 9.47 Å². The molecule has 0 unspecified atom stereocenters. The molecule has 0 aliphatic carbocycles. The van der Waals surface area contributed by atoms with Crippen LogP contribution in [0.5, 0.6) is 11.5 Å². The molecule has 8 heteroatoms. The Morgan fingerprint density at radius 1 is 1.16 bits per heavy atom. The van der Waals surface area contributed by atoms with Crippen LogP contribution in [0.3, 0.4) is 0 Å². The molecule has 6 nitrogen and oxygen atoms in total. The van der Waals surface area contributed by atoms with Gasteiger partial charge in [-0.3, -0.25) is 5.43 Å². The fourth-order valence-corrected chi connectivity index (χ4v) is 2.24. The summed E-state index contributed by atoms with van der Waals surface area (Å²) in [4.78, 5) is 0. The average Bonchev–Trinajstić information content (AvgIpc) is 2.62. The highest BCUT2D eigenvalue weighted by atomic mass is 19.3. The van der Waals surface area contributed by atoms with Crippen LogP contribution in [0.2, 0.25) is 0 Å². The molecule has 0 saturated carbocycles. The molecule has 1 aromatic heterocycles. The molecule has 0 atom stereocenters. The van der Waals surface area contributed by atoms with Crippen molar-refractivity contribution in [2.75, 3.05) is 12.5 Å². The van der Waals surface area contributed by atoms with Gasteiger partial charge in [-0.2, -0.15) is 19.0 Å². The summed E-state index contributed by atoms with van der Waals surface area (Å²) < 4.78 is 34.1. The highest BCUT2D eigenvalue weighted by molar-refractivity contribution is 5.91. The first kappa shape index (κ1) is 16.6. The van der Waals surface area contributed by atoms with E-state index in [4.69, 9.17) is 4.74 Å². The lowest BCUT2D eigenvalue weighted by atomic mass is 10.2. The van der Waals surface area contributed by atoms with Crippen LogP contribution >= 0.6 is 0 Å². The standard InChI is InChI=1S/C17H14F2N4O2/c1-24-15-8-11(6-7-14(15)25-17(18)19)9-20-22-16-13-5-3-2-4-12(13)10-21-23-16/h2-10,17H,1H3,(H,22,23). The molecule has 0 fully saturated rings. The molecule has 2 aromatic carbocycles. The number of rotatable bonds is 6. The van der Waals surface area contributed by atoms with Crippen molar-refractivity contribution in [2.45, 2.75) is 6.61 Å². The van der Waals surface area contributed by atoms with E-state index in [1.807, 2.05) is 24.3 Å². The zero-order valence-electron chi connectivity index (χ0n) is 13.2. The van der Waals surface area contributed by atoms with Crippen molar-refractivity contribution < 1.29 is 18.3 Å². The van der Waals surface area contributed by atoms with Gasteiger partial charge in [0.15, 0.2) is 17.3 Å². The van der Waals surface area contributed by atoms with Gasteiger partial charge in [0.05, 0.1) is 19.5 Å². The average molecular weight is 344 g/mol. The first-order valence-corrected chi connectivity index (χ1v) is 7.29. The molecule has 3 rings (SSSR count). The van der Waals surface area contributed by atoms with E-state index in [0.29, 0.717) is 11.4 Å². The van der Waals surface area contributed by atoms with Crippen LogP contribution in [0.1, 0.15) is 5.56 Å². The first-order valence-electron chi connectivity index (χ1n) is 7.29. The molecule has 25 heavy (non-hydrogen) atoms. The van der Waals surface area contributed by atoms with E-state index in [1.54, 1.807) is 12.3 Å². The summed E-state index contributed by atoms with van der Waals surface area (Å²) in [5.74, 6) is 0.663. The van der Waals surface area contributed by atoms with E-state index in [9.17, 15) is 8.78 Å². The Morgan fingerprint density at radius 3 is 2.80 bits per heavy atom. The third-order valence-electron chi connectivity index (χ3n) is 3.36. The number of ether oxygens (including phenoxy) is 2. The van der Waals surface area contributed by atoms with Crippen molar-refractivity contribution in [3.63, 3.8) is 0 Å². The summed E-state index contributed by atoms with van der Waals surface area (Å²) in [6.45, 7) is -2.92. The lowest BCUT2D eigenvalue weighted by Gasteiger charge is -2.10. The Morgan fingerprint density at radius 2 is 2.00 bits per heavy atom. The maximum Gasteiger partial charge on any atom is 0.387 e. The number of benzene rings is 2. The number of halogens is 2.